The van der Waals surface area contributed by atoms with E-state index >= 15 is 0 Å². The fourth-order valence-electron chi connectivity index (χ4n) is 12.6. The van der Waals surface area contributed by atoms with Crippen LogP contribution in [0.4, 0.5) is 0 Å². The maximum Gasteiger partial charge on any atom is -0.0169 e. The fraction of sp³-hybridized carbons (Fsp3) is 0.969. The maximum atomic E-state index is 3.06. The average Bonchev–Trinajstić information content (AvgIpc) is 3.31. The van der Waals surface area contributed by atoms with Crippen LogP contribution in [-0.4, -0.2) is 0 Å². The van der Waals surface area contributed by atoms with Crippen molar-refractivity contribution in [3.8, 4) is 0 Å². The minimum absolute atomic E-state index is 0.414. The molecule has 65 heavy (non-hydrogen) atoms. The van der Waals surface area contributed by atoms with Gasteiger partial charge in [-0.2, -0.15) is 0 Å². The molecule has 0 bridgehead atoms. The lowest BCUT2D eigenvalue weighted by Gasteiger charge is -2.57. The highest BCUT2D eigenvalue weighted by molar-refractivity contribution is 5.12. The Morgan fingerprint density at radius 2 is 0.723 bits per heavy atom. The summed E-state index contributed by atoms with van der Waals surface area (Å²) in [5.74, 6) is 2.51. The summed E-state index contributed by atoms with van der Waals surface area (Å²) in [5, 5.41) is 0. The first kappa shape index (κ1) is 64.7. The van der Waals surface area contributed by atoms with Gasteiger partial charge in [-0.05, 0) is 93.3 Å². The molecule has 0 saturated carbocycles. The van der Waals surface area contributed by atoms with Gasteiger partial charge in [0.1, 0.15) is 0 Å². The van der Waals surface area contributed by atoms with Gasteiger partial charge in [0.2, 0.25) is 0 Å². The maximum absolute atomic E-state index is 3.06. The Bertz CT molecular complexity index is 959. The summed E-state index contributed by atoms with van der Waals surface area (Å²) in [4.78, 5) is 0. The van der Waals surface area contributed by atoms with E-state index in [0.717, 1.165) is 17.8 Å². The third-order valence-electron chi connectivity index (χ3n) is 17.2. The van der Waals surface area contributed by atoms with Crippen molar-refractivity contribution in [3.05, 3.63) is 11.6 Å². The van der Waals surface area contributed by atoms with Crippen LogP contribution >= 0.6 is 0 Å². The molecular weight excluding hydrogens is 781 g/mol. The Morgan fingerprint density at radius 1 is 0.338 bits per heavy atom. The molecule has 0 aliphatic carbocycles. The minimum Gasteiger partial charge on any atom is -0.0819 e. The van der Waals surface area contributed by atoms with Gasteiger partial charge in [0.05, 0.1) is 0 Å². The van der Waals surface area contributed by atoms with E-state index in [9.17, 15) is 0 Å². The van der Waals surface area contributed by atoms with Crippen LogP contribution in [0.3, 0.4) is 0 Å². The first-order chi connectivity index (χ1) is 31.8. The monoisotopic (exact) mass is 911 g/mol. The Morgan fingerprint density at radius 3 is 1.18 bits per heavy atom. The molecule has 0 aromatic rings. The Labute approximate surface area is 415 Å². The van der Waals surface area contributed by atoms with Crippen molar-refractivity contribution in [3.63, 3.8) is 0 Å². The number of rotatable bonds is 53. The molecule has 0 rings (SSSR count). The lowest BCUT2D eigenvalue weighted by Crippen LogP contribution is -2.48. The van der Waals surface area contributed by atoms with Crippen molar-refractivity contribution in [1.29, 1.82) is 0 Å². The van der Waals surface area contributed by atoms with E-state index in [2.05, 4.69) is 75.3 Å². The first-order valence-electron chi connectivity index (χ1n) is 31.5. The predicted octanol–water partition coefficient (Wildman–Crippen LogP) is 24.7. The average molecular weight is 912 g/mol. The molecule has 0 aromatic heterocycles. The molecule has 0 nitrogen and oxygen atoms in total. The second-order valence-corrected chi connectivity index (χ2v) is 23.1. The molecule has 0 heteroatoms. The Hall–Kier alpha value is -0.260. The molecule has 0 aliphatic heterocycles. The van der Waals surface area contributed by atoms with Crippen molar-refractivity contribution in [1.82, 2.24) is 0 Å². The molecule has 5 atom stereocenters. The number of unbranched alkanes of at least 4 members (excludes halogenated alkanes) is 29. The van der Waals surface area contributed by atoms with Gasteiger partial charge in [-0.15, -0.1) is 0 Å². The third kappa shape index (κ3) is 33.1. The van der Waals surface area contributed by atoms with Gasteiger partial charge < -0.3 is 0 Å². The van der Waals surface area contributed by atoms with Gasteiger partial charge in [0, 0.05) is 0 Å². The molecular formula is C65H130. The van der Waals surface area contributed by atoms with Gasteiger partial charge >= 0.3 is 0 Å². The summed E-state index contributed by atoms with van der Waals surface area (Å²) in [6.45, 7) is 24.7. The van der Waals surface area contributed by atoms with Gasteiger partial charge in [-0.3, -0.25) is 0 Å². The molecule has 0 aliphatic rings. The van der Waals surface area contributed by atoms with Crippen LogP contribution < -0.4 is 0 Å². The zero-order valence-corrected chi connectivity index (χ0v) is 47.8. The minimum atomic E-state index is 0.414. The summed E-state index contributed by atoms with van der Waals surface area (Å²) in [6.07, 6.45) is 72.4. The summed E-state index contributed by atoms with van der Waals surface area (Å²) >= 11 is 0. The second-order valence-electron chi connectivity index (χ2n) is 23.1. The highest BCUT2D eigenvalue weighted by Crippen LogP contribution is 2.62. The third-order valence-corrected chi connectivity index (χ3v) is 17.2. The van der Waals surface area contributed by atoms with Gasteiger partial charge in [0.25, 0.3) is 0 Å². The Kier molecular flexibility index (Phi) is 47.2. The van der Waals surface area contributed by atoms with Crippen LogP contribution in [0.15, 0.2) is 11.6 Å². The van der Waals surface area contributed by atoms with E-state index in [1.807, 2.05) is 0 Å². The lowest BCUT2D eigenvalue weighted by atomic mass is 9.47. The predicted molar refractivity (Wildman–Crippen MR) is 302 cm³/mol. The number of hydrogen-bond donors (Lipinski definition) is 0. The molecule has 0 saturated heterocycles. The highest BCUT2D eigenvalue weighted by Gasteiger charge is 2.52. The van der Waals surface area contributed by atoms with Crippen molar-refractivity contribution in [2.75, 3.05) is 0 Å². The van der Waals surface area contributed by atoms with Crippen LogP contribution in [0.1, 0.15) is 377 Å². The smallest absolute Gasteiger partial charge is 0.0169 e. The molecule has 5 unspecified atom stereocenters. The second kappa shape index (κ2) is 47.4. The van der Waals surface area contributed by atoms with Crippen LogP contribution in [0.2, 0.25) is 0 Å². The van der Waals surface area contributed by atoms with E-state index in [4.69, 9.17) is 0 Å². The van der Waals surface area contributed by atoms with Crippen LogP contribution in [-0.2, 0) is 0 Å². The van der Waals surface area contributed by atoms with Crippen LogP contribution in [0.25, 0.3) is 0 Å². The summed E-state index contributed by atoms with van der Waals surface area (Å²) in [7, 11) is 0. The van der Waals surface area contributed by atoms with Crippen molar-refractivity contribution < 1.29 is 0 Å². The van der Waals surface area contributed by atoms with Crippen molar-refractivity contribution >= 4 is 0 Å². The highest BCUT2D eigenvalue weighted by atomic mass is 14.6. The lowest BCUT2D eigenvalue weighted by molar-refractivity contribution is -0.0626. The summed E-state index contributed by atoms with van der Waals surface area (Å²) in [5.41, 5.74) is 2.63. The SMILES string of the molecule is CCCCCCCCCCC(CCCCCCCCC)(CCC(CC)CCCCCC)C(CCCCCCCC)(CCC(C)CCCC)C(C=C(C)CCCCC)CCCCCCCC. The fourth-order valence-corrected chi connectivity index (χ4v) is 12.6. The van der Waals surface area contributed by atoms with E-state index in [-0.39, 0.29) is 0 Å². The van der Waals surface area contributed by atoms with Gasteiger partial charge in [-0.25, -0.2) is 0 Å². The van der Waals surface area contributed by atoms with E-state index in [1.54, 1.807) is 5.57 Å². The van der Waals surface area contributed by atoms with Gasteiger partial charge in [-0.1, -0.05) is 324 Å². The zero-order chi connectivity index (χ0) is 48.0. The van der Waals surface area contributed by atoms with E-state index < -0.39 is 0 Å². The zero-order valence-electron chi connectivity index (χ0n) is 47.8. The largest absolute Gasteiger partial charge is 0.0819 e. The van der Waals surface area contributed by atoms with E-state index in [0.29, 0.717) is 10.8 Å². The quantitative estimate of drug-likeness (QED) is 0.0421. The van der Waals surface area contributed by atoms with Gasteiger partial charge in [0.15, 0.2) is 0 Å². The summed E-state index contributed by atoms with van der Waals surface area (Å²) < 4.78 is 0. The standard InChI is InChI=1S/C65H130/c1-11-19-26-31-35-37-40-46-55-64(54-45-39-36-32-27-20-12-2,57-53-62(18-8)50-43-30-23-15-5)65(56-47-41-34-29-22-14-4,58-52-60(9)48-25-17-7)63(51-44-38-33-28-21-13-3)59-61(10)49-42-24-16-6/h59-60,62-63H,11-58H2,1-10H3. The normalized spacial score (nSPS) is 15.6. The van der Waals surface area contributed by atoms with Crippen molar-refractivity contribution in [2.24, 2.45) is 28.6 Å². The molecule has 0 heterocycles. The topological polar surface area (TPSA) is 0 Å². The van der Waals surface area contributed by atoms with Crippen molar-refractivity contribution in [2.45, 2.75) is 377 Å². The molecule has 0 fully saturated rings. The van der Waals surface area contributed by atoms with Crippen LogP contribution in [0.5, 0.6) is 0 Å². The molecule has 0 amide bonds. The molecule has 0 N–H and O–H groups in total. The Balaban J connectivity index is 7.93. The molecule has 390 valence electrons. The molecule has 0 aromatic carbocycles. The van der Waals surface area contributed by atoms with E-state index in [1.165, 1.54) is 308 Å². The summed E-state index contributed by atoms with van der Waals surface area (Å²) in [6, 6.07) is 0. The number of hydrogen-bond acceptors (Lipinski definition) is 0. The first-order valence-corrected chi connectivity index (χ1v) is 31.5. The van der Waals surface area contributed by atoms with Crippen LogP contribution in [0, 0.1) is 28.6 Å². The molecule has 0 radical (unpaired) electrons. The molecule has 0 spiro atoms. The number of allylic oxidation sites excluding steroid dienone is 2.